The van der Waals surface area contributed by atoms with Crippen LogP contribution in [0.15, 0.2) is 24.3 Å². The van der Waals surface area contributed by atoms with E-state index in [1.165, 1.54) is 18.2 Å². The number of alkyl halides is 3. The predicted molar refractivity (Wildman–Crippen MR) is 74.2 cm³/mol. The summed E-state index contributed by atoms with van der Waals surface area (Å²) in [5.74, 6) is -1.81. The second kappa shape index (κ2) is 7.29. The largest absolute Gasteiger partial charge is 0.480 e. The molecule has 4 nitrogen and oxygen atoms in total. The number of halogens is 3. The van der Waals surface area contributed by atoms with Gasteiger partial charge in [-0.25, -0.2) is 0 Å². The maximum atomic E-state index is 12.9. The van der Waals surface area contributed by atoms with Crippen LogP contribution in [0.3, 0.4) is 0 Å². The molecule has 7 heteroatoms. The van der Waals surface area contributed by atoms with Crippen molar-refractivity contribution in [2.24, 2.45) is 5.92 Å². The Kier molecular flexibility index (Phi) is 5.96. The standard InChI is InChI=1S/C15H18F3NO3/c1-10(2)8-19(9-14(21)22)13(20)7-11-5-3-4-6-12(11)15(16,17)18/h3-6,10H,7-9H2,1-2H3,(H,21,22). The number of nitrogens with zero attached hydrogens (tertiary/aromatic N) is 1. The molecule has 1 rings (SSSR count). The smallest absolute Gasteiger partial charge is 0.416 e. The molecule has 0 bridgehead atoms. The van der Waals surface area contributed by atoms with Crippen LogP contribution >= 0.6 is 0 Å². The Hall–Kier alpha value is -2.05. The number of rotatable bonds is 6. The molecule has 1 N–H and O–H groups in total. The Labute approximate surface area is 126 Å². The fourth-order valence-electron chi connectivity index (χ4n) is 2.08. The first kappa shape index (κ1) is 18.0. The van der Waals surface area contributed by atoms with Crippen LogP contribution < -0.4 is 0 Å². The summed E-state index contributed by atoms with van der Waals surface area (Å²) in [6.07, 6.45) is -5.03. The van der Waals surface area contributed by atoms with E-state index in [-0.39, 0.29) is 18.0 Å². The van der Waals surface area contributed by atoms with Gasteiger partial charge in [-0.05, 0) is 17.5 Å². The Morgan fingerprint density at radius 3 is 2.32 bits per heavy atom. The van der Waals surface area contributed by atoms with Gasteiger partial charge in [0.2, 0.25) is 5.91 Å². The van der Waals surface area contributed by atoms with Crippen LogP contribution in [0.1, 0.15) is 25.0 Å². The van der Waals surface area contributed by atoms with Crippen LogP contribution in [-0.4, -0.2) is 35.0 Å². The molecule has 0 saturated carbocycles. The van der Waals surface area contributed by atoms with Crippen molar-refractivity contribution in [3.8, 4) is 0 Å². The van der Waals surface area contributed by atoms with Crippen molar-refractivity contribution >= 4 is 11.9 Å². The normalized spacial score (nSPS) is 11.5. The van der Waals surface area contributed by atoms with Gasteiger partial charge in [-0.1, -0.05) is 32.0 Å². The predicted octanol–water partition coefficient (Wildman–Crippen LogP) is 2.82. The maximum absolute atomic E-state index is 12.9. The molecule has 1 aromatic rings. The van der Waals surface area contributed by atoms with Crippen molar-refractivity contribution in [3.63, 3.8) is 0 Å². The minimum Gasteiger partial charge on any atom is -0.480 e. The number of carbonyl (C=O) groups is 2. The number of hydrogen-bond donors (Lipinski definition) is 1. The molecule has 1 amide bonds. The van der Waals surface area contributed by atoms with Crippen molar-refractivity contribution in [2.75, 3.05) is 13.1 Å². The molecule has 0 spiro atoms. The SMILES string of the molecule is CC(C)CN(CC(=O)O)C(=O)Cc1ccccc1C(F)(F)F. The summed E-state index contributed by atoms with van der Waals surface area (Å²) >= 11 is 0. The quantitative estimate of drug-likeness (QED) is 0.878. The van der Waals surface area contributed by atoms with Gasteiger partial charge in [-0.15, -0.1) is 0 Å². The highest BCUT2D eigenvalue weighted by atomic mass is 19.4. The van der Waals surface area contributed by atoms with E-state index in [9.17, 15) is 22.8 Å². The number of hydrogen-bond acceptors (Lipinski definition) is 2. The lowest BCUT2D eigenvalue weighted by molar-refractivity contribution is -0.145. The summed E-state index contributed by atoms with van der Waals surface area (Å²) in [6, 6.07) is 4.81. The number of benzene rings is 1. The number of carbonyl (C=O) groups excluding carboxylic acids is 1. The minimum atomic E-state index is -4.55. The Morgan fingerprint density at radius 2 is 1.82 bits per heavy atom. The van der Waals surface area contributed by atoms with E-state index < -0.39 is 36.6 Å². The molecular weight excluding hydrogens is 299 g/mol. The molecule has 1 aromatic carbocycles. The first-order chi connectivity index (χ1) is 10.1. The van der Waals surface area contributed by atoms with Crippen molar-refractivity contribution in [1.82, 2.24) is 4.90 Å². The van der Waals surface area contributed by atoms with Gasteiger partial charge in [0, 0.05) is 6.54 Å². The third-order valence-electron chi connectivity index (χ3n) is 2.93. The van der Waals surface area contributed by atoms with Crippen LogP contribution in [-0.2, 0) is 22.2 Å². The fourth-order valence-corrected chi connectivity index (χ4v) is 2.08. The molecule has 0 aliphatic carbocycles. The van der Waals surface area contributed by atoms with Crippen LogP contribution in [0.4, 0.5) is 13.2 Å². The third-order valence-corrected chi connectivity index (χ3v) is 2.93. The highest BCUT2D eigenvalue weighted by Gasteiger charge is 2.33. The maximum Gasteiger partial charge on any atom is 0.416 e. The van der Waals surface area contributed by atoms with Gasteiger partial charge in [0.1, 0.15) is 6.54 Å². The van der Waals surface area contributed by atoms with Crippen molar-refractivity contribution in [2.45, 2.75) is 26.4 Å². The Balaban J connectivity index is 2.96. The van der Waals surface area contributed by atoms with Crippen LogP contribution in [0, 0.1) is 5.92 Å². The van der Waals surface area contributed by atoms with Gasteiger partial charge in [-0.3, -0.25) is 9.59 Å². The third kappa shape index (κ3) is 5.38. The van der Waals surface area contributed by atoms with E-state index in [1.54, 1.807) is 13.8 Å². The van der Waals surface area contributed by atoms with Gasteiger partial charge >= 0.3 is 12.1 Å². The number of aliphatic carboxylic acids is 1. The number of carboxylic acid groups (broad SMARTS) is 1. The summed E-state index contributed by atoms with van der Waals surface area (Å²) in [6.45, 7) is 3.25. The lowest BCUT2D eigenvalue weighted by Gasteiger charge is -2.23. The summed E-state index contributed by atoms with van der Waals surface area (Å²) in [5.41, 5.74) is -1.03. The minimum absolute atomic E-state index is 0.0150. The summed E-state index contributed by atoms with van der Waals surface area (Å²) in [5, 5.41) is 8.82. The highest BCUT2D eigenvalue weighted by molar-refractivity contribution is 5.83. The Morgan fingerprint density at radius 1 is 1.23 bits per heavy atom. The van der Waals surface area contributed by atoms with Gasteiger partial charge in [0.05, 0.1) is 12.0 Å². The topological polar surface area (TPSA) is 57.6 Å². The number of carboxylic acids is 1. The molecule has 0 radical (unpaired) electrons. The zero-order valence-corrected chi connectivity index (χ0v) is 12.4. The summed E-state index contributed by atoms with van der Waals surface area (Å²) in [4.78, 5) is 24.0. The fraction of sp³-hybridized carbons (Fsp3) is 0.467. The molecule has 0 aromatic heterocycles. The zero-order chi connectivity index (χ0) is 16.9. The van der Waals surface area contributed by atoms with Crippen LogP contribution in [0.25, 0.3) is 0 Å². The highest BCUT2D eigenvalue weighted by Crippen LogP contribution is 2.32. The van der Waals surface area contributed by atoms with Gasteiger partial charge in [-0.2, -0.15) is 13.2 Å². The van der Waals surface area contributed by atoms with E-state index >= 15 is 0 Å². The molecule has 0 fully saturated rings. The lowest BCUT2D eigenvalue weighted by Crippen LogP contribution is -2.39. The van der Waals surface area contributed by atoms with Crippen molar-refractivity contribution in [3.05, 3.63) is 35.4 Å². The molecule has 0 atom stereocenters. The molecule has 22 heavy (non-hydrogen) atoms. The van der Waals surface area contributed by atoms with E-state index in [2.05, 4.69) is 0 Å². The molecule has 0 saturated heterocycles. The second-order valence-electron chi connectivity index (χ2n) is 5.39. The molecule has 0 aliphatic rings. The lowest BCUT2D eigenvalue weighted by atomic mass is 10.0. The van der Waals surface area contributed by atoms with Crippen LogP contribution in [0.2, 0.25) is 0 Å². The average molecular weight is 317 g/mol. The first-order valence-corrected chi connectivity index (χ1v) is 6.76. The monoisotopic (exact) mass is 317 g/mol. The Bertz CT molecular complexity index is 541. The number of amides is 1. The van der Waals surface area contributed by atoms with E-state index in [1.807, 2.05) is 0 Å². The molecule has 122 valence electrons. The van der Waals surface area contributed by atoms with Gasteiger partial charge < -0.3 is 10.0 Å². The van der Waals surface area contributed by atoms with Gasteiger partial charge in [0.15, 0.2) is 0 Å². The van der Waals surface area contributed by atoms with E-state index in [0.29, 0.717) is 0 Å². The van der Waals surface area contributed by atoms with Crippen molar-refractivity contribution < 1.29 is 27.9 Å². The molecule has 0 unspecified atom stereocenters. The molecular formula is C15H18F3NO3. The summed E-state index contributed by atoms with van der Waals surface area (Å²) < 4.78 is 38.7. The average Bonchev–Trinajstić information content (AvgIpc) is 2.36. The zero-order valence-electron chi connectivity index (χ0n) is 12.4. The first-order valence-electron chi connectivity index (χ1n) is 6.76. The molecule has 0 heterocycles. The van der Waals surface area contributed by atoms with Gasteiger partial charge in [0.25, 0.3) is 0 Å². The molecule has 0 aliphatic heterocycles. The van der Waals surface area contributed by atoms with E-state index in [0.717, 1.165) is 11.0 Å². The van der Waals surface area contributed by atoms with Crippen molar-refractivity contribution in [1.29, 1.82) is 0 Å². The summed E-state index contributed by atoms with van der Waals surface area (Å²) in [7, 11) is 0. The van der Waals surface area contributed by atoms with Crippen LogP contribution in [0.5, 0.6) is 0 Å². The van der Waals surface area contributed by atoms with E-state index in [4.69, 9.17) is 5.11 Å². The second-order valence-corrected chi connectivity index (χ2v) is 5.39.